The van der Waals surface area contributed by atoms with Crippen LogP contribution in [0, 0.1) is 11.6 Å². The smallest absolute Gasteiger partial charge is 0.164 e. The first-order valence-corrected chi connectivity index (χ1v) is 5.51. The van der Waals surface area contributed by atoms with E-state index < -0.39 is 35.5 Å². The highest BCUT2D eigenvalue weighted by molar-refractivity contribution is 5.73. The molecule has 0 saturated carbocycles. The van der Waals surface area contributed by atoms with E-state index in [2.05, 4.69) is 0 Å². The summed E-state index contributed by atoms with van der Waals surface area (Å²) in [5, 5.41) is 0. The average molecular weight is 272 g/mol. The first-order valence-electron chi connectivity index (χ1n) is 5.51. The van der Waals surface area contributed by atoms with Gasteiger partial charge < -0.3 is 0 Å². The van der Waals surface area contributed by atoms with Crippen LogP contribution in [0.4, 0.5) is 22.0 Å². The second kappa shape index (κ2) is 5.38. The molecule has 0 nitrogen and oxygen atoms in total. The molecule has 0 radical (unpaired) electrons. The summed E-state index contributed by atoms with van der Waals surface area (Å²) in [4.78, 5) is 0. The number of benzene rings is 1. The lowest BCUT2D eigenvalue weighted by atomic mass is 9.94. The molecule has 0 aromatic heterocycles. The lowest BCUT2D eigenvalue weighted by Crippen LogP contribution is -2.06. The van der Waals surface area contributed by atoms with Gasteiger partial charge in [-0.25, -0.2) is 22.0 Å². The molecule has 1 atom stereocenters. The van der Waals surface area contributed by atoms with Crippen LogP contribution in [-0.4, -0.2) is 6.17 Å². The molecular weight excluding hydrogens is 263 g/mol. The summed E-state index contributed by atoms with van der Waals surface area (Å²) in [5.41, 5.74) is -1.01. The van der Waals surface area contributed by atoms with Crippen molar-refractivity contribution in [2.45, 2.75) is 12.6 Å². The number of halogens is 5. The quantitative estimate of drug-likeness (QED) is 0.673. The molecule has 0 spiro atoms. The summed E-state index contributed by atoms with van der Waals surface area (Å²) in [6.07, 6.45) is 2.75. The van der Waals surface area contributed by atoms with Gasteiger partial charge in [0.15, 0.2) is 5.83 Å². The molecule has 2 rings (SSSR count). The predicted octanol–water partition coefficient (Wildman–Crippen LogP) is 4.88. The van der Waals surface area contributed by atoms with E-state index in [1.165, 1.54) is 6.08 Å². The molecule has 1 unspecified atom stereocenters. The van der Waals surface area contributed by atoms with Crippen LogP contribution in [0.5, 0.6) is 0 Å². The third-order valence-electron chi connectivity index (χ3n) is 2.80. The van der Waals surface area contributed by atoms with Crippen LogP contribution in [0.1, 0.15) is 17.5 Å². The molecule has 1 aromatic carbocycles. The Morgan fingerprint density at radius 1 is 1.21 bits per heavy atom. The molecule has 0 bridgehead atoms. The number of hydrogen-bond acceptors (Lipinski definition) is 0. The van der Waals surface area contributed by atoms with Crippen molar-refractivity contribution >= 4 is 11.4 Å². The van der Waals surface area contributed by atoms with Gasteiger partial charge in [0, 0.05) is 6.42 Å². The predicted molar refractivity (Wildman–Crippen MR) is 63.2 cm³/mol. The number of alkyl halides is 1. The molecule has 0 N–H and O–H groups in total. The van der Waals surface area contributed by atoms with Gasteiger partial charge >= 0.3 is 0 Å². The van der Waals surface area contributed by atoms with E-state index in [1.807, 2.05) is 0 Å². The molecule has 0 aliphatic heterocycles. The Bertz CT molecular complexity index is 560. The van der Waals surface area contributed by atoms with Gasteiger partial charge in [0.25, 0.3) is 0 Å². The van der Waals surface area contributed by atoms with Crippen LogP contribution in [0.15, 0.2) is 36.7 Å². The van der Waals surface area contributed by atoms with Crippen molar-refractivity contribution in [3.05, 3.63) is 59.5 Å². The van der Waals surface area contributed by atoms with Crippen LogP contribution in [0.3, 0.4) is 0 Å². The van der Waals surface area contributed by atoms with E-state index in [0.29, 0.717) is 0 Å². The van der Waals surface area contributed by atoms with Crippen molar-refractivity contribution in [2.24, 2.45) is 0 Å². The van der Waals surface area contributed by atoms with Crippen LogP contribution in [0.2, 0.25) is 0 Å². The minimum Gasteiger partial charge on any atom is -0.242 e. The summed E-state index contributed by atoms with van der Waals surface area (Å²) in [6.45, 7) is 0. The van der Waals surface area contributed by atoms with Crippen molar-refractivity contribution in [2.75, 3.05) is 0 Å². The standard InChI is InChI=1S/C14H9F5/c15-7-13(19)14-11(17)5-8(6-12(14)18)9-3-1-2-4-10(9)16/h1-3,5-7,10H,4H2/b13-7-. The van der Waals surface area contributed by atoms with Crippen molar-refractivity contribution in [3.8, 4) is 0 Å². The van der Waals surface area contributed by atoms with Crippen LogP contribution < -0.4 is 0 Å². The summed E-state index contributed by atoms with van der Waals surface area (Å²) in [6, 6.07) is 1.58. The van der Waals surface area contributed by atoms with Crippen molar-refractivity contribution in [3.63, 3.8) is 0 Å². The number of allylic oxidation sites excluding steroid dienone is 4. The number of hydrogen-bond donors (Lipinski definition) is 0. The van der Waals surface area contributed by atoms with E-state index in [4.69, 9.17) is 0 Å². The lowest BCUT2D eigenvalue weighted by Gasteiger charge is -2.15. The van der Waals surface area contributed by atoms with Crippen molar-refractivity contribution < 1.29 is 22.0 Å². The molecule has 0 heterocycles. The highest BCUT2D eigenvalue weighted by Gasteiger charge is 2.21. The first-order chi connectivity index (χ1) is 9.04. The van der Waals surface area contributed by atoms with Crippen LogP contribution in [0.25, 0.3) is 11.4 Å². The Hall–Kier alpha value is -1.91. The van der Waals surface area contributed by atoms with Gasteiger partial charge in [-0.05, 0) is 23.3 Å². The van der Waals surface area contributed by atoms with Gasteiger partial charge in [0.05, 0.1) is 5.56 Å². The van der Waals surface area contributed by atoms with E-state index in [-0.39, 0.29) is 17.6 Å². The Kier molecular flexibility index (Phi) is 3.83. The zero-order valence-electron chi connectivity index (χ0n) is 9.64. The fraction of sp³-hybridized carbons (Fsp3) is 0.143. The van der Waals surface area contributed by atoms with E-state index >= 15 is 0 Å². The Morgan fingerprint density at radius 2 is 1.84 bits per heavy atom. The number of rotatable bonds is 2. The molecule has 5 heteroatoms. The molecular formula is C14H9F5. The molecule has 0 saturated heterocycles. The third kappa shape index (κ3) is 2.59. The van der Waals surface area contributed by atoms with E-state index in [0.717, 1.165) is 12.1 Å². The summed E-state index contributed by atoms with van der Waals surface area (Å²) < 4.78 is 65.7. The summed E-state index contributed by atoms with van der Waals surface area (Å²) in [5.74, 6) is -4.19. The lowest BCUT2D eigenvalue weighted by molar-refractivity contribution is 0.413. The topological polar surface area (TPSA) is 0 Å². The first kappa shape index (κ1) is 13.5. The van der Waals surface area contributed by atoms with E-state index in [1.54, 1.807) is 12.2 Å². The summed E-state index contributed by atoms with van der Waals surface area (Å²) >= 11 is 0. The monoisotopic (exact) mass is 272 g/mol. The Labute approximate surface area is 106 Å². The molecule has 1 aliphatic rings. The third-order valence-corrected chi connectivity index (χ3v) is 2.80. The molecule has 100 valence electrons. The fourth-order valence-electron chi connectivity index (χ4n) is 1.90. The van der Waals surface area contributed by atoms with Crippen molar-refractivity contribution in [1.29, 1.82) is 0 Å². The summed E-state index contributed by atoms with van der Waals surface area (Å²) in [7, 11) is 0. The van der Waals surface area contributed by atoms with Gasteiger partial charge in [-0.15, -0.1) is 0 Å². The fourth-order valence-corrected chi connectivity index (χ4v) is 1.90. The van der Waals surface area contributed by atoms with E-state index in [9.17, 15) is 22.0 Å². The van der Waals surface area contributed by atoms with Gasteiger partial charge in [0.1, 0.15) is 24.1 Å². The zero-order valence-corrected chi connectivity index (χ0v) is 9.64. The second-order valence-electron chi connectivity index (χ2n) is 4.03. The van der Waals surface area contributed by atoms with Gasteiger partial charge in [-0.3, -0.25) is 0 Å². The Morgan fingerprint density at radius 3 is 2.37 bits per heavy atom. The second-order valence-corrected chi connectivity index (χ2v) is 4.03. The molecule has 1 aromatic rings. The van der Waals surface area contributed by atoms with Gasteiger partial charge in [0.2, 0.25) is 0 Å². The minimum absolute atomic E-state index is 0.0257. The SMILES string of the molecule is F/C=C(\F)c1c(F)cc(C2=CC=CCC2F)cc1F. The molecule has 0 fully saturated rings. The highest BCUT2D eigenvalue weighted by Crippen LogP contribution is 2.31. The highest BCUT2D eigenvalue weighted by atomic mass is 19.2. The average Bonchev–Trinajstić information content (AvgIpc) is 2.38. The molecule has 19 heavy (non-hydrogen) atoms. The maximum atomic E-state index is 13.6. The molecule has 1 aliphatic carbocycles. The van der Waals surface area contributed by atoms with Gasteiger partial charge in [-0.1, -0.05) is 18.2 Å². The zero-order chi connectivity index (χ0) is 14.0. The largest absolute Gasteiger partial charge is 0.242 e. The molecule has 0 amide bonds. The van der Waals surface area contributed by atoms with Gasteiger partial charge in [-0.2, -0.15) is 0 Å². The maximum Gasteiger partial charge on any atom is 0.164 e. The normalized spacial score (nSPS) is 19.5. The van der Waals surface area contributed by atoms with Crippen LogP contribution in [-0.2, 0) is 0 Å². The Balaban J connectivity index is 2.52. The maximum absolute atomic E-state index is 13.6. The van der Waals surface area contributed by atoms with Crippen LogP contribution >= 0.6 is 0 Å². The van der Waals surface area contributed by atoms with Crippen molar-refractivity contribution in [1.82, 2.24) is 0 Å². The minimum atomic E-state index is -1.64.